The maximum atomic E-state index is 9.78. The molecule has 0 saturated heterocycles. The third-order valence-electron chi connectivity index (χ3n) is 3.05. The molecule has 1 atom stereocenters. The molecule has 0 spiro atoms. The number of ether oxygens (including phenoxy) is 2. The first kappa shape index (κ1) is 14.8. The largest absolute Gasteiger partial charge is 0.497 e. The number of nitriles is 1. The van der Waals surface area contributed by atoms with Crippen LogP contribution in [0, 0.1) is 11.3 Å². The number of rotatable bonds is 5. The fraction of sp³-hybridized carbons (Fsp3) is 0.250. The molecule has 0 radical (unpaired) electrons. The van der Waals surface area contributed by atoms with Crippen LogP contribution in [-0.2, 0) is 6.61 Å². The van der Waals surface area contributed by atoms with Gasteiger partial charge in [0.1, 0.15) is 29.9 Å². The number of pyridine rings is 1. The van der Waals surface area contributed by atoms with Gasteiger partial charge in [0, 0.05) is 23.4 Å². The maximum absolute atomic E-state index is 9.78. The van der Waals surface area contributed by atoms with Crippen LogP contribution in [0.3, 0.4) is 0 Å². The molecule has 5 nitrogen and oxygen atoms in total. The summed E-state index contributed by atoms with van der Waals surface area (Å²) in [6.45, 7) is 1.86. The SMILES string of the molecule is COc1ccc([C@H](C)O)c(OCc2cccnc2C#N)c1. The minimum atomic E-state index is -0.657. The first-order valence-electron chi connectivity index (χ1n) is 6.48. The third-order valence-corrected chi connectivity index (χ3v) is 3.05. The van der Waals surface area contributed by atoms with E-state index in [2.05, 4.69) is 4.98 Å². The first-order chi connectivity index (χ1) is 10.2. The van der Waals surface area contributed by atoms with Gasteiger partial charge in [-0.05, 0) is 25.1 Å². The van der Waals surface area contributed by atoms with E-state index in [4.69, 9.17) is 14.7 Å². The van der Waals surface area contributed by atoms with Gasteiger partial charge in [0.2, 0.25) is 0 Å². The molecule has 0 saturated carbocycles. The lowest BCUT2D eigenvalue weighted by Gasteiger charge is -2.15. The van der Waals surface area contributed by atoms with Crippen molar-refractivity contribution in [3.05, 3.63) is 53.3 Å². The van der Waals surface area contributed by atoms with Crippen LogP contribution in [0.2, 0.25) is 0 Å². The smallest absolute Gasteiger partial charge is 0.147 e. The van der Waals surface area contributed by atoms with Gasteiger partial charge in [0.05, 0.1) is 13.2 Å². The van der Waals surface area contributed by atoms with Gasteiger partial charge in [-0.15, -0.1) is 0 Å². The number of aromatic nitrogens is 1. The zero-order chi connectivity index (χ0) is 15.2. The van der Waals surface area contributed by atoms with Crippen LogP contribution in [0.1, 0.15) is 29.8 Å². The van der Waals surface area contributed by atoms with Crippen molar-refractivity contribution in [1.29, 1.82) is 5.26 Å². The van der Waals surface area contributed by atoms with Crippen molar-refractivity contribution in [3.8, 4) is 17.6 Å². The summed E-state index contributed by atoms with van der Waals surface area (Å²) in [4.78, 5) is 3.99. The fourth-order valence-corrected chi connectivity index (χ4v) is 1.92. The zero-order valence-electron chi connectivity index (χ0n) is 11.9. The Kier molecular flexibility index (Phi) is 4.75. The molecule has 2 aromatic rings. The predicted molar refractivity (Wildman–Crippen MR) is 76.9 cm³/mol. The van der Waals surface area contributed by atoms with Crippen molar-refractivity contribution in [2.75, 3.05) is 7.11 Å². The highest BCUT2D eigenvalue weighted by Gasteiger charge is 2.12. The Morgan fingerprint density at radius 1 is 1.38 bits per heavy atom. The summed E-state index contributed by atoms with van der Waals surface area (Å²) in [6, 6.07) is 10.8. The summed E-state index contributed by atoms with van der Waals surface area (Å²) in [7, 11) is 1.57. The lowest BCUT2D eigenvalue weighted by molar-refractivity contribution is 0.190. The van der Waals surface area contributed by atoms with E-state index in [1.54, 1.807) is 50.6 Å². The molecule has 0 aliphatic heterocycles. The van der Waals surface area contributed by atoms with Crippen molar-refractivity contribution >= 4 is 0 Å². The van der Waals surface area contributed by atoms with Gasteiger partial charge >= 0.3 is 0 Å². The molecule has 21 heavy (non-hydrogen) atoms. The Morgan fingerprint density at radius 3 is 2.86 bits per heavy atom. The third kappa shape index (κ3) is 3.50. The quantitative estimate of drug-likeness (QED) is 0.913. The molecule has 1 aromatic carbocycles. The normalized spacial score (nSPS) is 11.5. The average molecular weight is 284 g/mol. The number of hydrogen-bond acceptors (Lipinski definition) is 5. The second-order valence-electron chi connectivity index (χ2n) is 4.49. The minimum absolute atomic E-state index is 0.198. The fourth-order valence-electron chi connectivity index (χ4n) is 1.92. The van der Waals surface area contributed by atoms with Gasteiger partial charge in [-0.25, -0.2) is 4.98 Å². The van der Waals surface area contributed by atoms with Crippen molar-refractivity contribution in [3.63, 3.8) is 0 Å². The molecular weight excluding hydrogens is 268 g/mol. The van der Waals surface area contributed by atoms with E-state index in [1.807, 2.05) is 6.07 Å². The molecule has 1 heterocycles. The zero-order valence-corrected chi connectivity index (χ0v) is 11.9. The van der Waals surface area contributed by atoms with Crippen LogP contribution in [0.5, 0.6) is 11.5 Å². The second-order valence-corrected chi connectivity index (χ2v) is 4.49. The summed E-state index contributed by atoms with van der Waals surface area (Å²) in [6.07, 6.45) is 0.907. The highest BCUT2D eigenvalue weighted by Crippen LogP contribution is 2.30. The number of benzene rings is 1. The summed E-state index contributed by atoms with van der Waals surface area (Å²) in [5, 5.41) is 18.8. The highest BCUT2D eigenvalue weighted by atomic mass is 16.5. The first-order valence-corrected chi connectivity index (χ1v) is 6.48. The number of methoxy groups -OCH3 is 1. The van der Waals surface area contributed by atoms with Gasteiger partial charge < -0.3 is 14.6 Å². The standard InChI is InChI=1S/C16H16N2O3/c1-11(19)14-6-5-13(20-2)8-16(14)21-10-12-4-3-7-18-15(12)9-17/h3-8,11,19H,10H2,1-2H3/t11-/m0/s1. The monoisotopic (exact) mass is 284 g/mol. The van der Waals surface area contributed by atoms with Gasteiger partial charge in [-0.2, -0.15) is 5.26 Å². The van der Waals surface area contributed by atoms with Crippen LogP contribution in [0.25, 0.3) is 0 Å². The number of aliphatic hydroxyl groups excluding tert-OH is 1. The Labute approximate surface area is 123 Å². The van der Waals surface area contributed by atoms with E-state index in [0.717, 1.165) is 0 Å². The van der Waals surface area contributed by atoms with Gasteiger partial charge in [-0.1, -0.05) is 6.07 Å². The van der Waals surface area contributed by atoms with Crippen molar-refractivity contribution < 1.29 is 14.6 Å². The van der Waals surface area contributed by atoms with E-state index >= 15 is 0 Å². The van der Waals surface area contributed by atoms with Gasteiger partial charge in [0.15, 0.2) is 0 Å². The second kappa shape index (κ2) is 6.73. The van der Waals surface area contributed by atoms with E-state index < -0.39 is 6.10 Å². The topological polar surface area (TPSA) is 75.4 Å². The van der Waals surface area contributed by atoms with Crippen LogP contribution < -0.4 is 9.47 Å². The van der Waals surface area contributed by atoms with Crippen LogP contribution in [0.15, 0.2) is 36.5 Å². The molecule has 108 valence electrons. The summed E-state index contributed by atoms with van der Waals surface area (Å²) < 4.78 is 10.9. The molecule has 0 aliphatic carbocycles. The Balaban J connectivity index is 2.25. The lowest BCUT2D eigenvalue weighted by Crippen LogP contribution is -2.03. The summed E-state index contributed by atoms with van der Waals surface area (Å²) in [5.41, 5.74) is 1.69. The molecule has 5 heteroatoms. The molecule has 2 rings (SSSR count). The Morgan fingerprint density at radius 2 is 2.19 bits per heavy atom. The Hall–Kier alpha value is -2.58. The van der Waals surface area contributed by atoms with Crippen molar-refractivity contribution in [2.24, 2.45) is 0 Å². The molecule has 0 amide bonds. The molecule has 0 bridgehead atoms. The van der Waals surface area contributed by atoms with E-state index in [1.165, 1.54) is 0 Å². The van der Waals surface area contributed by atoms with E-state index in [0.29, 0.717) is 28.3 Å². The lowest BCUT2D eigenvalue weighted by atomic mass is 10.1. The number of aliphatic hydroxyl groups is 1. The van der Waals surface area contributed by atoms with Crippen LogP contribution in [0.4, 0.5) is 0 Å². The summed E-state index contributed by atoms with van der Waals surface area (Å²) >= 11 is 0. The molecule has 0 aliphatic rings. The van der Waals surface area contributed by atoms with Crippen molar-refractivity contribution in [1.82, 2.24) is 4.98 Å². The van der Waals surface area contributed by atoms with E-state index in [-0.39, 0.29) is 6.61 Å². The summed E-state index contributed by atoms with van der Waals surface area (Å²) in [5.74, 6) is 1.16. The maximum Gasteiger partial charge on any atom is 0.147 e. The number of hydrogen-bond donors (Lipinski definition) is 1. The predicted octanol–water partition coefficient (Wildman–Crippen LogP) is 2.59. The van der Waals surface area contributed by atoms with Gasteiger partial charge in [-0.3, -0.25) is 0 Å². The molecular formula is C16H16N2O3. The molecule has 0 unspecified atom stereocenters. The molecule has 0 fully saturated rings. The molecule has 1 aromatic heterocycles. The van der Waals surface area contributed by atoms with Crippen LogP contribution >= 0.6 is 0 Å². The minimum Gasteiger partial charge on any atom is -0.497 e. The molecule has 1 N–H and O–H groups in total. The van der Waals surface area contributed by atoms with Gasteiger partial charge in [0.25, 0.3) is 0 Å². The van der Waals surface area contributed by atoms with Crippen molar-refractivity contribution in [2.45, 2.75) is 19.6 Å². The van der Waals surface area contributed by atoms with Crippen LogP contribution in [-0.4, -0.2) is 17.2 Å². The highest BCUT2D eigenvalue weighted by molar-refractivity contribution is 5.42. The number of nitrogens with zero attached hydrogens (tertiary/aromatic N) is 2. The Bertz CT molecular complexity index is 663. The van der Waals surface area contributed by atoms with E-state index in [9.17, 15) is 5.11 Å². The average Bonchev–Trinajstić information content (AvgIpc) is 2.52.